The molecule has 3 nitrogen and oxygen atoms in total. The number of hydrogen-bond acceptors (Lipinski definition) is 3. The van der Waals surface area contributed by atoms with Crippen molar-refractivity contribution < 1.29 is 13.5 Å². The molecular formula is C13H18F2N2O. The van der Waals surface area contributed by atoms with Gasteiger partial charge in [0.15, 0.2) is 0 Å². The van der Waals surface area contributed by atoms with Crippen molar-refractivity contribution >= 4 is 5.69 Å². The molecule has 0 bridgehead atoms. The molecule has 1 saturated heterocycles. The summed E-state index contributed by atoms with van der Waals surface area (Å²) in [5, 5.41) is 0. The van der Waals surface area contributed by atoms with E-state index in [0.29, 0.717) is 18.8 Å². The van der Waals surface area contributed by atoms with E-state index in [1.807, 2.05) is 12.1 Å². The van der Waals surface area contributed by atoms with Gasteiger partial charge < -0.3 is 15.4 Å². The van der Waals surface area contributed by atoms with Crippen LogP contribution in [0.5, 0.6) is 0 Å². The molecule has 1 atom stereocenters. The van der Waals surface area contributed by atoms with E-state index < -0.39 is 12.3 Å². The van der Waals surface area contributed by atoms with E-state index in [0.717, 1.165) is 18.8 Å². The number of benzene rings is 1. The Kier molecular flexibility index (Phi) is 4.49. The first-order chi connectivity index (χ1) is 8.72. The van der Waals surface area contributed by atoms with Gasteiger partial charge in [0, 0.05) is 25.3 Å². The summed E-state index contributed by atoms with van der Waals surface area (Å²) < 4.78 is 30.7. The lowest BCUT2D eigenvalue weighted by Crippen LogP contribution is -2.36. The van der Waals surface area contributed by atoms with Crippen molar-refractivity contribution in [2.75, 3.05) is 37.7 Å². The second kappa shape index (κ2) is 6.11. The number of rotatable bonds is 4. The Bertz CT molecular complexity index is 364. The summed E-state index contributed by atoms with van der Waals surface area (Å²) in [6.45, 7) is 3.08. The van der Waals surface area contributed by atoms with Gasteiger partial charge in [-0.3, -0.25) is 0 Å². The zero-order valence-corrected chi connectivity index (χ0v) is 10.2. The Labute approximate surface area is 106 Å². The van der Waals surface area contributed by atoms with E-state index in [2.05, 4.69) is 4.90 Å². The van der Waals surface area contributed by atoms with Crippen LogP contribution in [0.4, 0.5) is 14.5 Å². The maximum absolute atomic E-state index is 12.7. The molecular weight excluding hydrogens is 238 g/mol. The minimum atomic E-state index is -2.41. The van der Waals surface area contributed by atoms with Crippen LogP contribution in [-0.4, -0.2) is 39.3 Å². The predicted molar refractivity (Wildman–Crippen MR) is 67.3 cm³/mol. The van der Waals surface area contributed by atoms with Crippen LogP contribution in [0.1, 0.15) is 11.5 Å². The number of halogens is 2. The Morgan fingerprint density at radius 1 is 1.17 bits per heavy atom. The number of hydrogen-bond donors (Lipinski definition) is 1. The van der Waals surface area contributed by atoms with Crippen molar-refractivity contribution in [2.45, 2.75) is 12.3 Å². The second-order valence-electron chi connectivity index (χ2n) is 4.37. The van der Waals surface area contributed by atoms with Crippen LogP contribution in [0.15, 0.2) is 24.3 Å². The third kappa shape index (κ3) is 2.97. The number of nitrogens with zero attached hydrogens (tertiary/aromatic N) is 1. The monoisotopic (exact) mass is 256 g/mol. The van der Waals surface area contributed by atoms with Crippen LogP contribution >= 0.6 is 0 Å². The lowest BCUT2D eigenvalue weighted by molar-refractivity contribution is 0.117. The summed E-state index contributed by atoms with van der Waals surface area (Å²) in [4.78, 5) is 2.19. The highest BCUT2D eigenvalue weighted by atomic mass is 19.3. The second-order valence-corrected chi connectivity index (χ2v) is 4.37. The van der Waals surface area contributed by atoms with Gasteiger partial charge >= 0.3 is 0 Å². The maximum Gasteiger partial charge on any atom is 0.246 e. The van der Waals surface area contributed by atoms with Crippen molar-refractivity contribution in [1.29, 1.82) is 0 Å². The normalized spacial score (nSPS) is 18.1. The third-order valence-electron chi connectivity index (χ3n) is 3.26. The van der Waals surface area contributed by atoms with Gasteiger partial charge in [-0.15, -0.1) is 0 Å². The van der Waals surface area contributed by atoms with Crippen LogP contribution in [0, 0.1) is 0 Å². The summed E-state index contributed by atoms with van der Waals surface area (Å²) in [6, 6.07) is 7.25. The number of alkyl halides is 2. The van der Waals surface area contributed by atoms with Gasteiger partial charge in [0.2, 0.25) is 6.43 Å². The molecule has 0 radical (unpaired) electrons. The van der Waals surface area contributed by atoms with E-state index in [4.69, 9.17) is 10.5 Å². The van der Waals surface area contributed by atoms with Gasteiger partial charge in [-0.05, 0) is 17.7 Å². The molecule has 5 heteroatoms. The number of ether oxygens (including phenoxy) is 1. The quantitative estimate of drug-likeness (QED) is 0.893. The first kappa shape index (κ1) is 13.2. The molecule has 1 aliphatic rings. The van der Waals surface area contributed by atoms with Crippen molar-refractivity contribution in [2.24, 2.45) is 5.73 Å². The SMILES string of the molecule is NCC(c1ccc(N2CCOCC2)cc1)C(F)F. The first-order valence-corrected chi connectivity index (χ1v) is 6.13. The Morgan fingerprint density at radius 3 is 2.28 bits per heavy atom. The number of anilines is 1. The molecule has 0 spiro atoms. The highest BCUT2D eigenvalue weighted by Crippen LogP contribution is 2.25. The molecule has 1 unspecified atom stereocenters. The van der Waals surface area contributed by atoms with Gasteiger partial charge in [0.05, 0.1) is 19.1 Å². The molecule has 100 valence electrons. The maximum atomic E-state index is 12.7. The van der Waals surface area contributed by atoms with Crippen molar-refractivity contribution in [3.05, 3.63) is 29.8 Å². The van der Waals surface area contributed by atoms with E-state index >= 15 is 0 Å². The van der Waals surface area contributed by atoms with E-state index in [9.17, 15) is 8.78 Å². The number of morpholine rings is 1. The number of nitrogens with two attached hydrogens (primary N) is 1. The van der Waals surface area contributed by atoms with Crippen LogP contribution in [-0.2, 0) is 4.74 Å². The minimum Gasteiger partial charge on any atom is -0.378 e. The average molecular weight is 256 g/mol. The summed E-state index contributed by atoms with van der Waals surface area (Å²) in [5.41, 5.74) is 7.03. The molecule has 2 rings (SSSR count). The van der Waals surface area contributed by atoms with E-state index in [1.165, 1.54) is 0 Å². The van der Waals surface area contributed by atoms with Crippen LogP contribution in [0.25, 0.3) is 0 Å². The van der Waals surface area contributed by atoms with Crippen molar-refractivity contribution in [1.82, 2.24) is 0 Å². The zero-order valence-electron chi connectivity index (χ0n) is 10.2. The summed E-state index contributed by atoms with van der Waals surface area (Å²) in [7, 11) is 0. The van der Waals surface area contributed by atoms with Gasteiger partial charge in [0.25, 0.3) is 0 Å². The molecule has 18 heavy (non-hydrogen) atoms. The highest BCUT2D eigenvalue weighted by molar-refractivity contribution is 5.48. The van der Waals surface area contributed by atoms with Crippen LogP contribution < -0.4 is 10.6 Å². The Hall–Kier alpha value is -1.20. The molecule has 0 aromatic heterocycles. The molecule has 1 heterocycles. The lowest BCUT2D eigenvalue weighted by Gasteiger charge is -2.29. The lowest BCUT2D eigenvalue weighted by atomic mass is 9.99. The fourth-order valence-corrected chi connectivity index (χ4v) is 2.14. The largest absolute Gasteiger partial charge is 0.378 e. The minimum absolute atomic E-state index is 0.0332. The van der Waals surface area contributed by atoms with Gasteiger partial charge in [-0.1, -0.05) is 12.1 Å². The molecule has 0 saturated carbocycles. The molecule has 2 N–H and O–H groups in total. The summed E-state index contributed by atoms with van der Waals surface area (Å²) >= 11 is 0. The Balaban J connectivity index is 2.08. The molecule has 1 aromatic rings. The van der Waals surface area contributed by atoms with E-state index in [-0.39, 0.29) is 6.54 Å². The van der Waals surface area contributed by atoms with Gasteiger partial charge in [-0.25, -0.2) is 8.78 Å². The molecule has 1 fully saturated rings. The molecule has 0 amide bonds. The van der Waals surface area contributed by atoms with Crippen LogP contribution in [0.2, 0.25) is 0 Å². The topological polar surface area (TPSA) is 38.5 Å². The molecule has 0 aliphatic carbocycles. The summed E-state index contributed by atoms with van der Waals surface area (Å²) in [6.07, 6.45) is -2.41. The first-order valence-electron chi connectivity index (χ1n) is 6.13. The van der Waals surface area contributed by atoms with E-state index in [1.54, 1.807) is 12.1 Å². The predicted octanol–water partition coefficient (Wildman–Crippen LogP) is 1.83. The van der Waals surface area contributed by atoms with Crippen LogP contribution in [0.3, 0.4) is 0 Å². The highest BCUT2D eigenvalue weighted by Gasteiger charge is 2.21. The van der Waals surface area contributed by atoms with Crippen molar-refractivity contribution in [3.63, 3.8) is 0 Å². The fourth-order valence-electron chi connectivity index (χ4n) is 2.14. The smallest absolute Gasteiger partial charge is 0.246 e. The van der Waals surface area contributed by atoms with Gasteiger partial charge in [0.1, 0.15) is 0 Å². The molecule has 1 aromatic carbocycles. The third-order valence-corrected chi connectivity index (χ3v) is 3.26. The fraction of sp³-hybridized carbons (Fsp3) is 0.538. The standard InChI is InChI=1S/C13H18F2N2O/c14-13(15)12(9-16)10-1-3-11(4-2-10)17-5-7-18-8-6-17/h1-4,12-13H,5-9,16H2. The summed E-state index contributed by atoms with van der Waals surface area (Å²) in [5.74, 6) is -0.872. The Morgan fingerprint density at radius 2 is 1.78 bits per heavy atom. The molecule has 1 aliphatic heterocycles. The zero-order chi connectivity index (χ0) is 13.0. The van der Waals surface area contributed by atoms with Crippen molar-refractivity contribution in [3.8, 4) is 0 Å². The van der Waals surface area contributed by atoms with Gasteiger partial charge in [-0.2, -0.15) is 0 Å². The average Bonchev–Trinajstić information content (AvgIpc) is 2.41.